The highest BCUT2D eigenvalue weighted by atomic mass is 16.2. The Morgan fingerprint density at radius 3 is 2.56 bits per heavy atom. The van der Waals surface area contributed by atoms with Crippen molar-refractivity contribution in [2.45, 2.75) is 46.1 Å². The minimum Gasteiger partial charge on any atom is -0.335 e. The van der Waals surface area contributed by atoms with Gasteiger partial charge in [0.2, 0.25) is 11.8 Å². The molecule has 1 saturated heterocycles. The van der Waals surface area contributed by atoms with Gasteiger partial charge in [-0.2, -0.15) is 0 Å². The zero-order valence-electron chi connectivity index (χ0n) is 15.9. The van der Waals surface area contributed by atoms with Crippen molar-refractivity contribution in [2.75, 3.05) is 32.0 Å². The standard InChI is InChI=1S/C20H31N3O2/c1-5-17-8-6-7-9-18(17)21-19(24)14-22(4)20(25)16(3)23-12-10-15(2)11-13-23/h6-9,15-16H,5,10-14H2,1-4H3,(H,21,24)/t16-/m1/s1. The van der Waals surface area contributed by atoms with Crippen LogP contribution in [0, 0.1) is 5.92 Å². The fourth-order valence-electron chi connectivity index (χ4n) is 3.32. The molecule has 0 unspecified atom stereocenters. The Morgan fingerprint density at radius 2 is 1.92 bits per heavy atom. The second-order valence-corrected chi connectivity index (χ2v) is 7.15. The number of carbonyl (C=O) groups excluding carboxylic acids is 2. The predicted octanol–water partition coefficient (Wildman–Crippen LogP) is 2.77. The van der Waals surface area contributed by atoms with Crippen LogP contribution < -0.4 is 5.32 Å². The predicted molar refractivity (Wildman–Crippen MR) is 102 cm³/mol. The van der Waals surface area contributed by atoms with Crippen LogP contribution in [0.1, 0.15) is 39.2 Å². The number of para-hydroxylation sites is 1. The van der Waals surface area contributed by atoms with Crippen molar-refractivity contribution in [3.63, 3.8) is 0 Å². The third kappa shape index (κ3) is 5.30. The molecule has 0 bridgehead atoms. The quantitative estimate of drug-likeness (QED) is 0.862. The summed E-state index contributed by atoms with van der Waals surface area (Å²) in [6.45, 7) is 8.25. The Balaban J connectivity index is 1.88. The summed E-state index contributed by atoms with van der Waals surface area (Å²) in [5.41, 5.74) is 1.93. The molecule has 0 spiro atoms. The van der Waals surface area contributed by atoms with Gasteiger partial charge < -0.3 is 10.2 Å². The fourth-order valence-corrected chi connectivity index (χ4v) is 3.32. The van der Waals surface area contributed by atoms with E-state index < -0.39 is 0 Å². The second kappa shape index (κ2) is 8.99. The van der Waals surface area contributed by atoms with E-state index in [4.69, 9.17) is 0 Å². The van der Waals surface area contributed by atoms with Crippen LogP contribution in [0.5, 0.6) is 0 Å². The Bertz CT molecular complexity index is 594. The van der Waals surface area contributed by atoms with Gasteiger partial charge in [0.1, 0.15) is 0 Å². The smallest absolute Gasteiger partial charge is 0.243 e. The number of likely N-dealkylation sites (N-methyl/N-ethyl adjacent to an activating group) is 1. The summed E-state index contributed by atoms with van der Waals surface area (Å²) in [5.74, 6) is 0.588. The SMILES string of the molecule is CCc1ccccc1NC(=O)CN(C)C(=O)[C@@H](C)N1CCC(C)CC1. The highest BCUT2D eigenvalue weighted by molar-refractivity contribution is 5.95. The average molecular weight is 345 g/mol. The molecular weight excluding hydrogens is 314 g/mol. The number of nitrogens with zero attached hydrogens (tertiary/aromatic N) is 2. The van der Waals surface area contributed by atoms with Crippen molar-refractivity contribution < 1.29 is 9.59 Å². The summed E-state index contributed by atoms with van der Waals surface area (Å²) in [4.78, 5) is 28.7. The van der Waals surface area contributed by atoms with Gasteiger partial charge >= 0.3 is 0 Å². The number of likely N-dealkylation sites (tertiary alicyclic amines) is 1. The van der Waals surface area contributed by atoms with Gasteiger partial charge in [-0.05, 0) is 56.8 Å². The van der Waals surface area contributed by atoms with E-state index >= 15 is 0 Å². The van der Waals surface area contributed by atoms with Crippen LogP contribution in [-0.4, -0.2) is 54.3 Å². The van der Waals surface area contributed by atoms with Gasteiger partial charge in [-0.25, -0.2) is 0 Å². The number of aryl methyl sites for hydroxylation is 1. The van der Waals surface area contributed by atoms with Crippen molar-refractivity contribution in [3.8, 4) is 0 Å². The van der Waals surface area contributed by atoms with E-state index in [1.165, 1.54) is 4.90 Å². The molecule has 1 heterocycles. The van der Waals surface area contributed by atoms with Crippen LogP contribution in [0.3, 0.4) is 0 Å². The number of amides is 2. The van der Waals surface area contributed by atoms with E-state index in [0.717, 1.165) is 49.5 Å². The zero-order valence-corrected chi connectivity index (χ0v) is 15.9. The molecule has 2 amide bonds. The molecular formula is C20H31N3O2. The van der Waals surface area contributed by atoms with Crippen LogP contribution in [0.4, 0.5) is 5.69 Å². The first-order valence-electron chi connectivity index (χ1n) is 9.29. The van der Waals surface area contributed by atoms with E-state index in [9.17, 15) is 9.59 Å². The third-order valence-electron chi connectivity index (χ3n) is 5.15. The lowest BCUT2D eigenvalue weighted by Crippen LogP contribution is -2.49. The van der Waals surface area contributed by atoms with Gasteiger partial charge in [0, 0.05) is 12.7 Å². The highest BCUT2D eigenvalue weighted by Crippen LogP contribution is 2.19. The maximum Gasteiger partial charge on any atom is 0.243 e. The number of rotatable bonds is 6. The van der Waals surface area contributed by atoms with Gasteiger partial charge in [0.15, 0.2) is 0 Å². The number of hydrogen-bond acceptors (Lipinski definition) is 3. The molecule has 0 radical (unpaired) electrons. The molecule has 1 N–H and O–H groups in total. The molecule has 1 aliphatic rings. The van der Waals surface area contributed by atoms with E-state index in [1.54, 1.807) is 7.05 Å². The lowest BCUT2D eigenvalue weighted by Gasteiger charge is -2.35. The number of nitrogens with one attached hydrogen (secondary N) is 1. The van der Waals surface area contributed by atoms with Crippen molar-refractivity contribution in [2.24, 2.45) is 5.92 Å². The Hall–Kier alpha value is -1.88. The van der Waals surface area contributed by atoms with Crippen LogP contribution in [0.2, 0.25) is 0 Å². The van der Waals surface area contributed by atoms with Crippen LogP contribution >= 0.6 is 0 Å². The van der Waals surface area contributed by atoms with Crippen LogP contribution in [0.15, 0.2) is 24.3 Å². The van der Waals surface area contributed by atoms with Crippen molar-refractivity contribution in [3.05, 3.63) is 29.8 Å². The first kappa shape index (κ1) is 19.4. The number of anilines is 1. The van der Waals surface area contributed by atoms with Crippen molar-refractivity contribution in [1.29, 1.82) is 0 Å². The zero-order chi connectivity index (χ0) is 18.4. The van der Waals surface area contributed by atoms with Crippen molar-refractivity contribution in [1.82, 2.24) is 9.80 Å². The number of hydrogen-bond donors (Lipinski definition) is 1. The molecule has 25 heavy (non-hydrogen) atoms. The monoisotopic (exact) mass is 345 g/mol. The molecule has 1 aromatic rings. The van der Waals surface area contributed by atoms with Gasteiger partial charge in [-0.3, -0.25) is 14.5 Å². The van der Waals surface area contributed by atoms with E-state index in [0.29, 0.717) is 0 Å². The topological polar surface area (TPSA) is 52.7 Å². The van der Waals surface area contributed by atoms with Crippen LogP contribution in [-0.2, 0) is 16.0 Å². The van der Waals surface area contributed by atoms with E-state index in [1.807, 2.05) is 31.2 Å². The Labute approximate surface area is 151 Å². The number of carbonyl (C=O) groups is 2. The number of piperidine rings is 1. The summed E-state index contributed by atoms with van der Waals surface area (Å²) in [5, 5.41) is 2.93. The Morgan fingerprint density at radius 1 is 1.28 bits per heavy atom. The number of benzene rings is 1. The minimum absolute atomic E-state index is 0.00785. The summed E-state index contributed by atoms with van der Waals surface area (Å²) in [6, 6.07) is 7.60. The molecule has 0 aliphatic carbocycles. The molecule has 1 atom stereocenters. The first-order chi connectivity index (χ1) is 11.9. The maximum absolute atomic E-state index is 12.6. The second-order valence-electron chi connectivity index (χ2n) is 7.15. The molecule has 5 nitrogen and oxygen atoms in total. The van der Waals surface area contributed by atoms with Crippen molar-refractivity contribution >= 4 is 17.5 Å². The molecule has 1 fully saturated rings. The molecule has 0 saturated carbocycles. The summed E-state index contributed by atoms with van der Waals surface area (Å²) >= 11 is 0. The molecule has 138 valence electrons. The molecule has 5 heteroatoms. The lowest BCUT2D eigenvalue weighted by atomic mass is 9.98. The molecule has 0 aromatic heterocycles. The average Bonchev–Trinajstić information content (AvgIpc) is 2.61. The van der Waals surface area contributed by atoms with Gasteiger partial charge in [0.05, 0.1) is 12.6 Å². The van der Waals surface area contributed by atoms with E-state index in [2.05, 4.69) is 24.1 Å². The summed E-state index contributed by atoms with van der Waals surface area (Å²) in [7, 11) is 1.71. The fraction of sp³-hybridized carbons (Fsp3) is 0.600. The third-order valence-corrected chi connectivity index (χ3v) is 5.15. The van der Waals surface area contributed by atoms with Gasteiger partial charge in [-0.15, -0.1) is 0 Å². The first-order valence-corrected chi connectivity index (χ1v) is 9.29. The van der Waals surface area contributed by atoms with Gasteiger partial charge in [-0.1, -0.05) is 32.0 Å². The molecule has 1 aromatic carbocycles. The molecule has 2 rings (SSSR count). The lowest BCUT2D eigenvalue weighted by molar-refractivity contribution is -0.138. The normalized spacial score (nSPS) is 17.1. The largest absolute Gasteiger partial charge is 0.335 e. The highest BCUT2D eigenvalue weighted by Gasteiger charge is 2.27. The summed E-state index contributed by atoms with van der Waals surface area (Å²) < 4.78 is 0. The maximum atomic E-state index is 12.6. The summed E-state index contributed by atoms with van der Waals surface area (Å²) in [6.07, 6.45) is 3.13. The van der Waals surface area contributed by atoms with Crippen LogP contribution in [0.25, 0.3) is 0 Å². The van der Waals surface area contributed by atoms with Gasteiger partial charge in [0.25, 0.3) is 0 Å². The molecule has 1 aliphatic heterocycles. The minimum atomic E-state index is -0.173. The van der Waals surface area contributed by atoms with E-state index in [-0.39, 0.29) is 24.4 Å². The Kier molecular flexibility index (Phi) is 7.00.